The summed E-state index contributed by atoms with van der Waals surface area (Å²) < 4.78 is 0. The van der Waals surface area contributed by atoms with Gasteiger partial charge in [-0.15, -0.1) is 0 Å². The van der Waals surface area contributed by atoms with Crippen molar-refractivity contribution in [3.05, 3.63) is 82.9 Å². The molecule has 150 valence electrons. The second-order valence-electron chi connectivity index (χ2n) is 7.78. The lowest BCUT2D eigenvalue weighted by atomic mass is 9.82. The van der Waals surface area contributed by atoms with E-state index in [-0.39, 0.29) is 28.4 Å². The first kappa shape index (κ1) is 18.4. The standard InChI is InChI=1S/C25H22N2O3/c28-23-17-11-5-6-12-18(17)24(29)22-21(23)19(26-16-9-3-1-4-10-16)15-20(25(22)30)27-13-7-2-8-14-27/h1,3-6,9-12,15,26,30H,2,7-8,13-14H2. The van der Waals surface area contributed by atoms with Crippen LogP contribution in [0.1, 0.15) is 51.1 Å². The van der Waals surface area contributed by atoms with Crippen LogP contribution in [0, 0.1) is 0 Å². The third-order valence-electron chi connectivity index (χ3n) is 5.90. The highest BCUT2D eigenvalue weighted by molar-refractivity contribution is 6.31. The number of phenols is 1. The van der Waals surface area contributed by atoms with Crippen molar-refractivity contribution in [2.24, 2.45) is 0 Å². The highest BCUT2D eigenvalue weighted by Crippen LogP contribution is 2.44. The zero-order valence-electron chi connectivity index (χ0n) is 16.5. The number of piperidine rings is 1. The molecule has 0 saturated carbocycles. The number of rotatable bonds is 3. The number of fused-ring (bicyclic) bond motifs is 2. The van der Waals surface area contributed by atoms with Gasteiger partial charge in [0.1, 0.15) is 0 Å². The average Bonchev–Trinajstić information content (AvgIpc) is 2.79. The Morgan fingerprint density at radius 3 is 2.03 bits per heavy atom. The molecule has 2 N–H and O–H groups in total. The van der Waals surface area contributed by atoms with Crippen LogP contribution in [0.2, 0.25) is 0 Å². The second-order valence-corrected chi connectivity index (χ2v) is 7.78. The minimum Gasteiger partial charge on any atom is -0.505 e. The van der Waals surface area contributed by atoms with Gasteiger partial charge in [0, 0.05) is 29.9 Å². The van der Waals surface area contributed by atoms with E-state index in [0.29, 0.717) is 22.5 Å². The summed E-state index contributed by atoms with van der Waals surface area (Å²) in [5.41, 5.74) is 3.01. The summed E-state index contributed by atoms with van der Waals surface area (Å²) in [5, 5.41) is 14.5. The lowest BCUT2D eigenvalue weighted by Gasteiger charge is -2.32. The summed E-state index contributed by atoms with van der Waals surface area (Å²) in [5.74, 6) is -0.662. The monoisotopic (exact) mass is 398 g/mol. The highest BCUT2D eigenvalue weighted by Gasteiger charge is 2.36. The van der Waals surface area contributed by atoms with Crippen LogP contribution in [0.3, 0.4) is 0 Å². The van der Waals surface area contributed by atoms with Gasteiger partial charge in [-0.05, 0) is 37.5 Å². The number of benzene rings is 3. The van der Waals surface area contributed by atoms with Crippen LogP contribution >= 0.6 is 0 Å². The van der Waals surface area contributed by atoms with E-state index >= 15 is 0 Å². The maximum atomic E-state index is 13.4. The SMILES string of the molecule is O=C1c2ccccc2C(=O)c2c(O)c(N3CCCCC3)cc(Nc3ccccc3)c21. The van der Waals surface area contributed by atoms with Crippen molar-refractivity contribution in [3.63, 3.8) is 0 Å². The van der Waals surface area contributed by atoms with Crippen LogP contribution < -0.4 is 10.2 Å². The molecule has 0 radical (unpaired) electrons. The first-order valence-corrected chi connectivity index (χ1v) is 10.3. The fraction of sp³-hybridized carbons (Fsp3) is 0.200. The summed E-state index contributed by atoms with van der Waals surface area (Å²) >= 11 is 0. The van der Waals surface area contributed by atoms with Gasteiger partial charge in [0.25, 0.3) is 0 Å². The molecule has 1 fully saturated rings. The van der Waals surface area contributed by atoms with E-state index in [4.69, 9.17) is 0 Å². The summed E-state index contributed by atoms with van der Waals surface area (Å²) in [7, 11) is 0. The summed E-state index contributed by atoms with van der Waals surface area (Å²) in [6, 6.07) is 18.2. The molecule has 0 spiro atoms. The number of anilines is 3. The Kier molecular flexibility index (Phi) is 4.51. The number of nitrogens with zero attached hydrogens (tertiary/aromatic N) is 1. The van der Waals surface area contributed by atoms with Gasteiger partial charge in [0.2, 0.25) is 0 Å². The van der Waals surface area contributed by atoms with Crippen molar-refractivity contribution in [2.45, 2.75) is 19.3 Å². The molecule has 1 saturated heterocycles. The van der Waals surface area contributed by atoms with Gasteiger partial charge in [-0.2, -0.15) is 0 Å². The Hall–Kier alpha value is -3.60. The van der Waals surface area contributed by atoms with E-state index in [1.165, 1.54) is 0 Å². The summed E-state index contributed by atoms with van der Waals surface area (Å²) in [6.45, 7) is 1.63. The van der Waals surface area contributed by atoms with Gasteiger partial charge in [-0.25, -0.2) is 0 Å². The molecule has 0 bridgehead atoms. The predicted molar refractivity (Wildman–Crippen MR) is 117 cm³/mol. The van der Waals surface area contributed by atoms with Gasteiger partial charge >= 0.3 is 0 Å². The van der Waals surface area contributed by atoms with Gasteiger partial charge in [0.05, 0.1) is 22.5 Å². The topological polar surface area (TPSA) is 69.6 Å². The maximum absolute atomic E-state index is 13.4. The van der Waals surface area contributed by atoms with Crippen LogP contribution in [-0.2, 0) is 0 Å². The fourth-order valence-corrected chi connectivity index (χ4v) is 4.42. The number of phenolic OH excluding ortho intramolecular Hbond substituents is 1. The van der Waals surface area contributed by atoms with Crippen LogP contribution in [-0.4, -0.2) is 29.8 Å². The minimum atomic E-state index is -0.312. The molecule has 5 rings (SSSR count). The number of aromatic hydroxyl groups is 1. The summed E-state index contributed by atoms with van der Waals surface area (Å²) in [6.07, 6.45) is 3.23. The fourth-order valence-electron chi connectivity index (χ4n) is 4.42. The molecule has 0 aromatic heterocycles. The lowest BCUT2D eigenvalue weighted by molar-refractivity contribution is 0.0977. The molecule has 2 aliphatic rings. The number of ketones is 2. The molecule has 5 nitrogen and oxygen atoms in total. The number of nitrogens with one attached hydrogen (secondary N) is 1. The minimum absolute atomic E-state index is 0.0974. The normalized spacial score (nSPS) is 15.5. The zero-order valence-corrected chi connectivity index (χ0v) is 16.5. The molecular weight excluding hydrogens is 376 g/mol. The lowest BCUT2D eigenvalue weighted by Crippen LogP contribution is -2.31. The molecule has 0 unspecified atom stereocenters. The number of hydrogen-bond donors (Lipinski definition) is 2. The maximum Gasteiger partial charge on any atom is 0.198 e. The first-order chi connectivity index (χ1) is 14.6. The van der Waals surface area contributed by atoms with Crippen molar-refractivity contribution >= 4 is 28.6 Å². The molecule has 30 heavy (non-hydrogen) atoms. The molecular formula is C25H22N2O3. The Balaban J connectivity index is 1.73. The Morgan fingerprint density at radius 2 is 1.37 bits per heavy atom. The van der Waals surface area contributed by atoms with E-state index in [0.717, 1.165) is 38.0 Å². The van der Waals surface area contributed by atoms with E-state index in [9.17, 15) is 14.7 Å². The Morgan fingerprint density at radius 1 is 0.767 bits per heavy atom. The quantitative estimate of drug-likeness (QED) is 0.480. The number of carbonyl (C=O) groups excluding carboxylic acids is 2. The smallest absolute Gasteiger partial charge is 0.198 e. The molecule has 3 aromatic carbocycles. The van der Waals surface area contributed by atoms with Crippen LogP contribution in [0.4, 0.5) is 17.1 Å². The van der Waals surface area contributed by atoms with Crippen molar-refractivity contribution in [1.29, 1.82) is 0 Å². The van der Waals surface area contributed by atoms with E-state index < -0.39 is 0 Å². The van der Waals surface area contributed by atoms with Gasteiger partial charge in [0.15, 0.2) is 17.3 Å². The van der Waals surface area contributed by atoms with E-state index in [2.05, 4.69) is 10.2 Å². The summed E-state index contributed by atoms with van der Waals surface area (Å²) in [4.78, 5) is 28.8. The molecule has 5 heteroatoms. The molecule has 3 aromatic rings. The van der Waals surface area contributed by atoms with Crippen molar-refractivity contribution in [1.82, 2.24) is 0 Å². The first-order valence-electron chi connectivity index (χ1n) is 10.3. The average molecular weight is 398 g/mol. The third-order valence-corrected chi connectivity index (χ3v) is 5.90. The zero-order chi connectivity index (χ0) is 20.7. The van der Waals surface area contributed by atoms with E-state index in [1.54, 1.807) is 24.3 Å². The Labute approximate surface area is 175 Å². The van der Waals surface area contributed by atoms with E-state index in [1.807, 2.05) is 36.4 Å². The largest absolute Gasteiger partial charge is 0.505 e. The number of hydrogen-bond acceptors (Lipinski definition) is 5. The number of carbonyl (C=O) groups is 2. The molecule has 0 atom stereocenters. The third kappa shape index (κ3) is 2.94. The number of para-hydroxylation sites is 1. The Bertz CT molecular complexity index is 1150. The van der Waals surface area contributed by atoms with Gasteiger partial charge < -0.3 is 15.3 Å². The molecule has 1 aliphatic carbocycles. The highest BCUT2D eigenvalue weighted by atomic mass is 16.3. The van der Waals surface area contributed by atoms with Gasteiger partial charge in [-0.3, -0.25) is 9.59 Å². The predicted octanol–water partition coefficient (Wildman–Crippen LogP) is 4.90. The van der Waals surface area contributed by atoms with Crippen molar-refractivity contribution in [3.8, 4) is 5.75 Å². The van der Waals surface area contributed by atoms with Crippen molar-refractivity contribution in [2.75, 3.05) is 23.3 Å². The van der Waals surface area contributed by atoms with Crippen LogP contribution in [0.25, 0.3) is 0 Å². The molecule has 1 aliphatic heterocycles. The van der Waals surface area contributed by atoms with Crippen LogP contribution in [0.5, 0.6) is 5.75 Å². The molecule has 1 heterocycles. The molecule has 0 amide bonds. The van der Waals surface area contributed by atoms with Crippen molar-refractivity contribution < 1.29 is 14.7 Å². The van der Waals surface area contributed by atoms with Crippen LogP contribution in [0.15, 0.2) is 60.7 Å². The second kappa shape index (κ2) is 7.34. The van der Waals surface area contributed by atoms with Gasteiger partial charge in [-0.1, -0.05) is 42.5 Å².